The van der Waals surface area contributed by atoms with E-state index in [2.05, 4.69) is 21.5 Å². The van der Waals surface area contributed by atoms with Crippen molar-refractivity contribution in [2.24, 2.45) is 0 Å². The molecule has 142 valence electrons. The van der Waals surface area contributed by atoms with Crippen LogP contribution in [0.15, 0.2) is 48.7 Å². The number of amides is 1. The van der Waals surface area contributed by atoms with Crippen LogP contribution < -0.4 is 10.1 Å². The SMILES string of the molecule is Cc1ccc(C)c(OCn2ccc(C(=O)Nc3nc4ccc(C)cc4s3)n2)c1. The lowest BCUT2D eigenvalue weighted by Gasteiger charge is -2.09. The number of fused-ring (bicyclic) bond motifs is 1. The summed E-state index contributed by atoms with van der Waals surface area (Å²) < 4.78 is 8.46. The van der Waals surface area contributed by atoms with Gasteiger partial charge in [0.2, 0.25) is 0 Å². The summed E-state index contributed by atoms with van der Waals surface area (Å²) in [6.07, 6.45) is 1.72. The van der Waals surface area contributed by atoms with E-state index in [1.165, 1.54) is 11.3 Å². The number of carbonyl (C=O) groups is 1. The van der Waals surface area contributed by atoms with Gasteiger partial charge in [0, 0.05) is 6.20 Å². The molecule has 0 saturated heterocycles. The minimum Gasteiger partial charge on any atom is -0.471 e. The molecule has 2 aromatic heterocycles. The zero-order valence-corrected chi connectivity index (χ0v) is 16.7. The molecule has 4 aromatic rings. The number of hydrogen-bond acceptors (Lipinski definition) is 5. The minimum absolute atomic E-state index is 0.234. The van der Waals surface area contributed by atoms with Crippen molar-refractivity contribution in [3.63, 3.8) is 0 Å². The zero-order chi connectivity index (χ0) is 19.7. The molecule has 2 heterocycles. The van der Waals surface area contributed by atoms with Crippen LogP contribution in [0.3, 0.4) is 0 Å². The van der Waals surface area contributed by atoms with E-state index in [1.54, 1.807) is 16.9 Å². The van der Waals surface area contributed by atoms with E-state index < -0.39 is 0 Å². The lowest BCUT2D eigenvalue weighted by Crippen LogP contribution is -2.14. The fourth-order valence-corrected chi connectivity index (χ4v) is 3.76. The third-order valence-electron chi connectivity index (χ3n) is 4.33. The predicted octanol–water partition coefficient (Wildman–Crippen LogP) is 4.71. The molecule has 28 heavy (non-hydrogen) atoms. The van der Waals surface area contributed by atoms with E-state index in [4.69, 9.17) is 4.74 Å². The molecule has 0 unspecified atom stereocenters. The van der Waals surface area contributed by atoms with E-state index in [-0.39, 0.29) is 12.6 Å². The molecule has 7 heteroatoms. The first-order valence-corrected chi connectivity index (χ1v) is 9.71. The van der Waals surface area contributed by atoms with Gasteiger partial charge in [-0.25, -0.2) is 9.67 Å². The number of nitrogens with zero attached hydrogens (tertiary/aromatic N) is 3. The van der Waals surface area contributed by atoms with Crippen molar-refractivity contribution in [3.8, 4) is 5.75 Å². The van der Waals surface area contributed by atoms with Gasteiger partial charge >= 0.3 is 0 Å². The van der Waals surface area contributed by atoms with Crippen molar-refractivity contribution in [2.75, 3.05) is 5.32 Å². The lowest BCUT2D eigenvalue weighted by molar-refractivity contribution is 0.102. The van der Waals surface area contributed by atoms with Gasteiger partial charge in [0.05, 0.1) is 10.2 Å². The highest BCUT2D eigenvalue weighted by molar-refractivity contribution is 7.22. The van der Waals surface area contributed by atoms with Crippen LogP contribution in [0.4, 0.5) is 5.13 Å². The van der Waals surface area contributed by atoms with Crippen molar-refractivity contribution < 1.29 is 9.53 Å². The Bertz CT molecular complexity index is 1160. The summed E-state index contributed by atoms with van der Waals surface area (Å²) in [6, 6.07) is 13.7. The number of benzene rings is 2. The van der Waals surface area contributed by atoms with Gasteiger partial charge in [0.25, 0.3) is 5.91 Å². The number of thiazole rings is 1. The summed E-state index contributed by atoms with van der Waals surface area (Å²) in [5.41, 5.74) is 4.55. The molecule has 0 aliphatic heterocycles. The van der Waals surface area contributed by atoms with Gasteiger partial charge in [-0.2, -0.15) is 5.10 Å². The molecule has 0 radical (unpaired) electrons. The molecule has 0 atom stereocenters. The summed E-state index contributed by atoms with van der Waals surface area (Å²) in [4.78, 5) is 16.9. The topological polar surface area (TPSA) is 69.0 Å². The molecule has 4 rings (SSSR count). The molecular formula is C21H20N4O2S. The number of nitrogens with one attached hydrogen (secondary N) is 1. The fraction of sp³-hybridized carbons (Fsp3) is 0.190. The van der Waals surface area contributed by atoms with Gasteiger partial charge in [0.15, 0.2) is 17.6 Å². The number of carbonyl (C=O) groups excluding carboxylic acids is 1. The van der Waals surface area contributed by atoms with Crippen LogP contribution in [0, 0.1) is 20.8 Å². The second-order valence-electron chi connectivity index (χ2n) is 6.73. The number of aryl methyl sites for hydroxylation is 3. The Hall–Kier alpha value is -3.19. The van der Waals surface area contributed by atoms with Gasteiger partial charge in [-0.1, -0.05) is 29.5 Å². The van der Waals surface area contributed by atoms with E-state index >= 15 is 0 Å². The van der Waals surface area contributed by atoms with Crippen LogP contribution in [0.1, 0.15) is 27.2 Å². The summed E-state index contributed by atoms with van der Waals surface area (Å²) in [6.45, 7) is 6.28. The molecule has 0 aliphatic carbocycles. The van der Waals surface area contributed by atoms with Crippen LogP contribution in [0.25, 0.3) is 10.2 Å². The van der Waals surface area contributed by atoms with Gasteiger partial charge in [0.1, 0.15) is 5.75 Å². The summed E-state index contributed by atoms with van der Waals surface area (Å²) >= 11 is 1.45. The second-order valence-corrected chi connectivity index (χ2v) is 7.76. The molecule has 6 nitrogen and oxygen atoms in total. The molecule has 1 amide bonds. The third kappa shape index (κ3) is 3.89. The Balaban J connectivity index is 1.42. The first kappa shape index (κ1) is 18.2. The second kappa shape index (κ2) is 7.44. The van der Waals surface area contributed by atoms with E-state index in [0.29, 0.717) is 10.8 Å². The van der Waals surface area contributed by atoms with Gasteiger partial charge < -0.3 is 4.74 Å². The predicted molar refractivity (Wildman–Crippen MR) is 111 cm³/mol. The Kier molecular flexibility index (Phi) is 4.83. The lowest BCUT2D eigenvalue weighted by atomic mass is 10.1. The van der Waals surface area contributed by atoms with Crippen molar-refractivity contribution in [1.29, 1.82) is 0 Å². The molecule has 0 bridgehead atoms. The maximum Gasteiger partial charge on any atom is 0.277 e. The Morgan fingerprint density at radius 2 is 1.89 bits per heavy atom. The Labute approximate surface area is 166 Å². The number of rotatable bonds is 5. The summed E-state index contributed by atoms with van der Waals surface area (Å²) in [5, 5.41) is 7.68. The van der Waals surface area contributed by atoms with Crippen molar-refractivity contribution in [3.05, 3.63) is 71.0 Å². The van der Waals surface area contributed by atoms with Crippen molar-refractivity contribution >= 4 is 32.6 Å². The molecule has 0 spiro atoms. The van der Waals surface area contributed by atoms with Crippen molar-refractivity contribution in [1.82, 2.24) is 14.8 Å². The molecule has 0 fully saturated rings. The number of aromatic nitrogens is 3. The fourth-order valence-electron chi connectivity index (χ4n) is 2.80. The molecule has 2 aromatic carbocycles. The van der Waals surface area contributed by atoms with Crippen LogP contribution in [0.2, 0.25) is 0 Å². The summed E-state index contributed by atoms with van der Waals surface area (Å²) in [5.74, 6) is 0.521. The summed E-state index contributed by atoms with van der Waals surface area (Å²) in [7, 11) is 0. The first-order valence-electron chi connectivity index (χ1n) is 8.90. The van der Waals surface area contributed by atoms with E-state index in [1.807, 2.05) is 51.1 Å². The van der Waals surface area contributed by atoms with Gasteiger partial charge in [-0.05, 0) is 61.7 Å². The highest BCUT2D eigenvalue weighted by Crippen LogP contribution is 2.27. The minimum atomic E-state index is -0.290. The first-order chi connectivity index (χ1) is 13.5. The van der Waals surface area contributed by atoms with Crippen LogP contribution in [-0.4, -0.2) is 20.7 Å². The zero-order valence-electron chi connectivity index (χ0n) is 15.9. The van der Waals surface area contributed by atoms with Gasteiger partial charge in [-0.15, -0.1) is 0 Å². The third-order valence-corrected chi connectivity index (χ3v) is 5.27. The molecule has 1 N–H and O–H groups in total. The van der Waals surface area contributed by atoms with Gasteiger partial charge in [-0.3, -0.25) is 10.1 Å². The number of hydrogen-bond donors (Lipinski definition) is 1. The average Bonchev–Trinajstić information content (AvgIpc) is 3.28. The molecule has 0 saturated carbocycles. The number of anilines is 1. The number of ether oxygens (including phenoxy) is 1. The molecule has 0 aliphatic rings. The van der Waals surface area contributed by atoms with E-state index in [9.17, 15) is 4.79 Å². The average molecular weight is 392 g/mol. The highest BCUT2D eigenvalue weighted by Gasteiger charge is 2.13. The maximum atomic E-state index is 12.5. The maximum absolute atomic E-state index is 12.5. The van der Waals surface area contributed by atoms with Crippen LogP contribution in [0.5, 0.6) is 5.75 Å². The standard InChI is InChI=1S/C21H20N4O2S/c1-13-4-6-15(3)18(10-13)27-12-25-9-8-17(24-25)20(26)23-21-22-16-7-5-14(2)11-19(16)28-21/h4-11H,12H2,1-3H3,(H,22,23,26). The largest absolute Gasteiger partial charge is 0.471 e. The normalized spacial score (nSPS) is 11.0. The van der Waals surface area contributed by atoms with Crippen LogP contribution in [-0.2, 0) is 6.73 Å². The van der Waals surface area contributed by atoms with Crippen molar-refractivity contribution in [2.45, 2.75) is 27.5 Å². The highest BCUT2D eigenvalue weighted by atomic mass is 32.1. The van der Waals surface area contributed by atoms with Crippen LogP contribution >= 0.6 is 11.3 Å². The Morgan fingerprint density at radius 3 is 2.75 bits per heavy atom. The Morgan fingerprint density at radius 1 is 1.11 bits per heavy atom. The molecular weight excluding hydrogens is 372 g/mol. The monoisotopic (exact) mass is 392 g/mol. The quantitative estimate of drug-likeness (QED) is 0.534. The van der Waals surface area contributed by atoms with E-state index in [0.717, 1.165) is 32.7 Å². The smallest absolute Gasteiger partial charge is 0.277 e.